The highest BCUT2D eigenvalue weighted by Crippen LogP contribution is 2.17. The Hall–Kier alpha value is -1.75. The number of hydrogen-bond donors (Lipinski definition) is 0. The maximum Gasteiger partial charge on any atom is 0.188 e. The van der Waals surface area contributed by atoms with Crippen molar-refractivity contribution in [1.29, 1.82) is 0 Å². The predicted octanol–water partition coefficient (Wildman–Crippen LogP) is 2.73. The fourth-order valence-electron chi connectivity index (χ4n) is 1.83. The van der Waals surface area contributed by atoms with Crippen molar-refractivity contribution in [3.05, 3.63) is 42.5 Å². The number of sulfone groups is 1. The molecule has 0 aliphatic carbocycles. The summed E-state index contributed by atoms with van der Waals surface area (Å²) in [5.74, 6) is -0.337. The van der Waals surface area contributed by atoms with Gasteiger partial charge in [0.15, 0.2) is 21.4 Å². The van der Waals surface area contributed by atoms with Gasteiger partial charge < -0.3 is 0 Å². The molecule has 0 aromatic heterocycles. The predicted molar refractivity (Wildman–Crippen MR) is 81.8 cm³/mol. The third-order valence-electron chi connectivity index (χ3n) is 3.14. The number of carbonyl (C=O) groups is 2. The molecule has 0 radical (unpaired) electrons. The highest BCUT2D eigenvalue weighted by Gasteiger charge is 2.28. The van der Waals surface area contributed by atoms with Crippen LogP contribution in [0.2, 0.25) is 0 Å². The van der Waals surface area contributed by atoms with Crippen molar-refractivity contribution in [2.24, 2.45) is 0 Å². The van der Waals surface area contributed by atoms with Gasteiger partial charge >= 0.3 is 0 Å². The average Bonchev–Trinajstić information content (AvgIpc) is 2.46. The lowest BCUT2D eigenvalue weighted by atomic mass is 10.1. The number of rotatable bonds is 8. The summed E-state index contributed by atoms with van der Waals surface area (Å²) in [5.41, 5.74) is 0. The second-order valence-electron chi connectivity index (χ2n) is 4.87. The van der Waals surface area contributed by atoms with Gasteiger partial charge in [0.25, 0.3) is 0 Å². The van der Waals surface area contributed by atoms with Gasteiger partial charge in [0.05, 0.1) is 4.90 Å². The second-order valence-corrected chi connectivity index (χ2v) is 7.14. The van der Waals surface area contributed by atoms with E-state index in [-0.39, 0.29) is 22.9 Å². The zero-order valence-electron chi connectivity index (χ0n) is 12.3. The van der Waals surface area contributed by atoms with Crippen LogP contribution in [-0.4, -0.2) is 25.2 Å². The van der Waals surface area contributed by atoms with E-state index in [1.165, 1.54) is 32.1 Å². The summed E-state index contributed by atoms with van der Waals surface area (Å²) >= 11 is 0. The van der Waals surface area contributed by atoms with Crippen LogP contribution in [0.3, 0.4) is 0 Å². The normalized spacial score (nSPS) is 13.2. The fourth-order valence-corrected chi connectivity index (χ4v) is 3.24. The molecular weight excluding hydrogens is 288 g/mol. The molecule has 0 amide bonds. The number of Topliss-reactive ketones (excluding diaryl/α,β-unsaturated/α-hetero) is 1. The maximum atomic E-state index is 12.3. The standard InChI is InChI=1S/C16H20O4S/c1-13(17)9-5-3-8-12-16(18)14(2)21(19,20)15-10-6-4-7-11-15/h4-7,9-11,14H,3,8,12H2,1-2H3/b9-5+. The largest absolute Gasteiger partial charge is 0.298 e. The Kier molecular flexibility index (Phi) is 6.49. The van der Waals surface area contributed by atoms with Gasteiger partial charge in [0.1, 0.15) is 5.25 Å². The van der Waals surface area contributed by atoms with Gasteiger partial charge in [0, 0.05) is 6.42 Å². The zero-order chi connectivity index (χ0) is 15.9. The van der Waals surface area contributed by atoms with Crippen molar-refractivity contribution in [3.8, 4) is 0 Å². The van der Waals surface area contributed by atoms with Crippen LogP contribution < -0.4 is 0 Å². The van der Waals surface area contributed by atoms with E-state index in [2.05, 4.69) is 0 Å². The molecule has 0 aliphatic rings. The summed E-state index contributed by atoms with van der Waals surface area (Å²) in [4.78, 5) is 22.9. The number of hydrogen-bond acceptors (Lipinski definition) is 4. The summed E-state index contributed by atoms with van der Waals surface area (Å²) in [7, 11) is -3.62. The molecule has 0 N–H and O–H groups in total. The van der Waals surface area contributed by atoms with E-state index in [0.717, 1.165) is 0 Å². The van der Waals surface area contributed by atoms with Crippen LogP contribution >= 0.6 is 0 Å². The minimum absolute atomic E-state index is 0.0404. The minimum Gasteiger partial charge on any atom is -0.298 e. The van der Waals surface area contributed by atoms with Gasteiger partial charge in [-0.25, -0.2) is 8.42 Å². The molecule has 1 atom stereocenters. The molecule has 1 rings (SSSR count). The number of allylic oxidation sites excluding steroid dienone is 2. The van der Waals surface area contributed by atoms with Gasteiger partial charge in [0.2, 0.25) is 0 Å². The molecule has 0 saturated heterocycles. The molecule has 1 aromatic rings. The number of unbranched alkanes of at least 4 members (excludes halogenated alkanes) is 1. The number of carbonyl (C=O) groups excluding carboxylic acids is 2. The lowest BCUT2D eigenvalue weighted by molar-refractivity contribution is -0.118. The highest BCUT2D eigenvalue weighted by molar-refractivity contribution is 7.92. The second kappa shape index (κ2) is 7.88. The molecule has 21 heavy (non-hydrogen) atoms. The Bertz CT molecular complexity index is 615. The van der Waals surface area contributed by atoms with Crippen LogP contribution in [0.15, 0.2) is 47.4 Å². The van der Waals surface area contributed by atoms with Gasteiger partial charge in [-0.3, -0.25) is 9.59 Å². The molecule has 0 heterocycles. The average molecular weight is 308 g/mol. The van der Waals surface area contributed by atoms with Crippen molar-refractivity contribution in [2.45, 2.75) is 43.3 Å². The molecule has 0 aliphatic heterocycles. The lowest BCUT2D eigenvalue weighted by Crippen LogP contribution is -2.27. The molecule has 0 spiro atoms. The summed E-state index contributed by atoms with van der Waals surface area (Å²) in [5, 5.41) is -1.04. The van der Waals surface area contributed by atoms with Gasteiger partial charge in [-0.1, -0.05) is 24.3 Å². The first kappa shape index (κ1) is 17.3. The lowest BCUT2D eigenvalue weighted by Gasteiger charge is -2.11. The van der Waals surface area contributed by atoms with Crippen LogP contribution in [-0.2, 0) is 19.4 Å². The SMILES string of the molecule is CC(=O)/C=C/CCCC(=O)C(C)S(=O)(=O)c1ccccc1. The van der Waals surface area contributed by atoms with E-state index in [1.807, 2.05) is 0 Å². The summed E-state index contributed by atoms with van der Waals surface area (Å²) in [6.07, 6.45) is 4.47. The molecule has 0 fully saturated rings. The number of benzene rings is 1. The van der Waals surface area contributed by atoms with Crippen molar-refractivity contribution < 1.29 is 18.0 Å². The van der Waals surface area contributed by atoms with Crippen LogP contribution in [0.5, 0.6) is 0 Å². The Balaban J connectivity index is 2.60. The third-order valence-corrected chi connectivity index (χ3v) is 5.26. The fraction of sp³-hybridized carbons (Fsp3) is 0.375. The van der Waals surface area contributed by atoms with Crippen LogP contribution in [0.4, 0.5) is 0 Å². The third kappa shape index (κ3) is 5.27. The zero-order valence-corrected chi connectivity index (χ0v) is 13.1. The van der Waals surface area contributed by atoms with Crippen molar-refractivity contribution >= 4 is 21.4 Å². The monoisotopic (exact) mass is 308 g/mol. The summed E-state index contributed by atoms with van der Waals surface area (Å²) in [6.45, 7) is 2.88. The van der Waals surface area contributed by atoms with Gasteiger partial charge in [-0.2, -0.15) is 0 Å². The van der Waals surface area contributed by atoms with Crippen molar-refractivity contribution in [3.63, 3.8) is 0 Å². The molecule has 4 nitrogen and oxygen atoms in total. The topological polar surface area (TPSA) is 68.3 Å². The quantitative estimate of drug-likeness (QED) is 0.547. The Labute approximate surface area is 125 Å². The van der Waals surface area contributed by atoms with E-state index in [9.17, 15) is 18.0 Å². The molecule has 1 unspecified atom stereocenters. The Morgan fingerprint density at radius 2 is 1.81 bits per heavy atom. The molecule has 5 heteroatoms. The van der Waals surface area contributed by atoms with E-state index in [4.69, 9.17) is 0 Å². The first-order valence-electron chi connectivity index (χ1n) is 6.84. The maximum absolute atomic E-state index is 12.3. The van der Waals surface area contributed by atoms with Gasteiger partial charge in [-0.15, -0.1) is 0 Å². The molecule has 0 bridgehead atoms. The Morgan fingerprint density at radius 3 is 2.38 bits per heavy atom. The first-order chi connectivity index (χ1) is 9.85. The van der Waals surface area contributed by atoms with Crippen molar-refractivity contribution in [2.75, 3.05) is 0 Å². The Morgan fingerprint density at radius 1 is 1.19 bits per heavy atom. The van der Waals surface area contributed by atoms with E-state index in [0.29, 0.717) is 12.8 Å². The first-order valence-corrected chi connectivity index (χ1v) is 8.39. The van der Waals surface area contributed by atoms with E-state index >= 15 is 0 Å². The molecule has 1 aromatic carbocycles. The van der Waals surface area contributed by atoms with Gasteiger partial charge in [-0.05, 0) is 44.9 Å². The smallest absolute Gasteiger partial charge is 0.188 e. The summed E-state index contributed by atoms with van der Waals surface area (Å²) < 4.78 is 24.5. The summed E-state index contributed by atoms with van der Waals surface area (Å²) in [6, 6.07) is 7.99. The highest BCUT2D eigenvalue weighted by atomic mass is 32.2. The minimum atomic E-state index is -3.62. The molecule has 114 valence electrons. The molecular formula is C16H20O4S. The van der Waals surface area contributed by atoms with Crippen LogP contribution in [0.25, 0.3) is 0 Å². The number of ketones is 2. The van der Waals surface area contributed by atoms with Crippen molar-refractivity contribution in [1.82, 2.24) is 0 Å². The molecule has 0 saturated carbocycles. The van der Waals surface area contributed by atoms with E-state index in [1.54, 1.807) is 24.3 Å². The van der Waals surface area contributed by atoms with E-state index < -0.39 is 15.1 Å². The van der Waals surface area contributed by atoms with Crippen LogP contribution in [0, 0.1) is 0 Å². The van der Waals surface area contributed by atoms with Crippen LogP contribution in [0.1, 0.15) is 33.1 Å².